The monoisotopic (exact) mass is 439 g/mol. The third-order valence-corrected chi connectivity index (χ3v) is 7.54. The number of ether oxygens (including phenoxy) is 1. The molecule has 0 amide bonds. The highest BCUT2D eigenvalue weighted by Gasteiger charge is 2.44. The second-order valence-electron chi connectivity index (χ2n) is 10.5. The van der Waals surface area contributed by atoms with Crippen molar-refractivity contribution in [1.29, 1.82) is 0 Å². The molecule has 3 aromatic rings. The van der Waals surface area contributed by atoms with Crippen LogP contribution in [0.4, 0.5) is 17.2 Å². The van der Waals surface area contributed by atoms with E-state index in [1.165, 1.54) is 0 Å². The van der Waals surface area contributed by atoms with E-state index in [-0.39, 0.29) is 5.60 Å². The number of hydrogen-bond donors (Lipinski definition) is 2. The summed E-state index contributed by atoms with van der Waals surface area (Å²) in [6.45, 7) is 16.9. The molecule has 2 aromatic carbocycles. The summed E-state index contributed by atoms with van der Waals surface area (Å²) in [5.41, 5.74) is 11.7. The third-order valence-electron chi connectivity index (χ3n) is 7.54. The number of hydrogen-bond acceptors (Lipinski definition) is 5. The molecule has 6 heteroatoms. The number of fused-ring (bicyclic) bond motifs is 2. The van der Waals surface area contributed by atoms with Crippen molar-refractivity contribution in [3.63, 3.8) is 0 Å². The van der Waals surface area contributed by atoms with Crippen molar-refractivity contribution < 1.29 is 4.74 Å². The topological polar surface area (TPSA) is 67.8 Å². The summed E-state index contributed by atoms with van der Waals surface area (Å²) in [6.07, 6.45) is 1.86. The summed E-state index contributed by atoms with van der Waals surface area (Å²) >= 11 is 0. The van der Waals surface area contributed by atoms with E-state index in [2.05, 4.69) is 41.0 Å². The average Bonchev–Trinajstić information content (AvgIpc) is 3.23. The molecule has 168 valence electrons. The predicted octanol–water partition coefficient (Wildman–Crippen LogP) is 4.69. The SMILES string of the molecule is [C-]#[N+]c1c(N2CCC3(CNC3)C2)nc2c(c1-c1cc(N)cc3ccccc13)COC(C)(C)C2. The maximum atomic E-state index is 8.23. The van der Waals surface area contributed by atoms with E-state index in [0.29, 0.717) is 23.4 Å². The molecule has 3 aliphatic rings. The zero-order valence-corrected chi connectivity index (χ0v) is 19.2. The maximum Gasteiger partial charge on any atom is 0.236 e. The van der Waals surface area contributed by atoms with Crippen molar-refractivity contribution >= 4 is 28.0 Å². The fourth-order valence-corrected chi connectivity index (χ4v) is 5.71. The molecule has 0 radical (unpaired) electrons. The van der Waals surface area contributed by atoms with Gasteiger partial charge in [0.25, 0.3) is 0 Å². The maximum absolute atomic E-state index is 8.23. The summed E-state index contributed by atoms with van der Waals surface area (Å²) in [6, 6.07) is 12.3. The van der Waals surface area contributed by atoms with Crippen molar-refractivity contribution in [1.82, 2.24) is 10.3 Å². The van der Waals surface area contributed by atoms with Crippen LogP contribution >= 0.6 is 0 Å². The van der Waals surface area contributed by atoms with Crippen LogP contribution in [0, 0.1) is 12.0 Å². The molecule has 1 spiro atoms. The molecule has 3 aliphatic heterocycles. The minimum absolute atomic E-state index is 0.282. The lowest BCUT2D eigenvalue weighted by atomic mass is 9.81. The lowest BCUT2D eigenvalue weighted by Crippen LogP contribution is -2.54. The van der Waals surface area contributed by atoms with E-state index in [1.54, 1.807) is 0 Å². The normalized spacial score (nSPS) is 20.5. The molecule has 2 saturated heterocycles. The number of benzene rings is 2. The first-order chi connectivity index (χ1) is 15.9. The van der Waals surface area contributed by atoms with Crippen LogP contribution in [0.25, 0.3) is 26.7 Å². The molecule has 1 aromatic heterocycles. The van der Waals surface area contributed by atoms with Gasteiger partial charge in [-0.15, -0.1) is 0 Å². The Balaban J connectivity index is 1.62. The van der Waals surface area contributed by atoms with Gasteiger partial charge in [0.1, 0.15) is 5.82 Å². The number of anilines is 2. The van der Waals surface area contributed by atoms with E-state index in [1.807, 2.05) is 24.3 Å². The van der Waals surface area contributed by atoms with E-state index >= 15 is 0 Å². The standard InChI is InChI=1S/C27H29N5O/c1-26(2)12-22-21(13-33-26)23(20-11-18(28)10-17-6-4-5-7-19(17)20)24(29-3)25(31-22)32-9-8-27(16-32)14-30-15-27/h4-7,10-11,30H,8-9,12-16,28H2,1-2H3. The van der Waals surface area contributed by atoms with Gasteiger partial charge >= 0.3 is 0 Å². The number of nitrogens with one attached hydrogen (secondary N) is 1. The molecule has 4 heterocycles. The highest BCUT2D eigenvalue weighted by Crippen LogP contribution is 2.48. The van der Waals surface area contributed by atoms with Gasteiger partial charge in [-0.25, -0.2) is 9.83 Å². The minimum atomic E-state index is -0.282. The van der Waals surface area contributed by atoms with E-state index < -0.39 is 0 Å². The zero-order chi connectivity index (χ0) is 22.8. The lowest BCUT2D eigenvalue weighted by molar-refractivity contribution is -0.0409. The smallest absolute Gasteiger partial charge is 0.236 e. The molecule has 2 fully saturated rings. The first-order valence-electron chi connectivity index (χ1n) is 11.7. The van der Waals surface area contributed by atoms with Gasteiger partial charge in [-0.05, 0) is 59.9 Å². The minimum Gasteiger partial charge on any atom is -0.399 e. The molecule has 0 saturated carbocycles. The molecule has 0 atom stereocenters. The summed E-state index contributed by atoms with van der Waals surface area (Å²) in [7, 11) is 0. The van der Waals surface area contributed by atoms with Crippen molar-refractivity contribution in [2.75, 3.05) is 36.8 Å². The van der Waals surface area contributed by atoms with Crippen molar-refractivity contribution in [3.05, 3.63) is 59.1 Å². The first kappa shape index (κ1) is 20.5. The Labute approximate surface area is 194 Å². The van der Waals surface area contributed by atoms with E-state index in [9.17, 15) is 0 Å². The molecule has 0 unspecified atom stereocenters. The van der Waals surface area contributed by atoms with Crippen LogP contribution in [-0.4, -0.2) is 36.8 Å². The number of rotatable bonds is 2. The molecule has 6 nitrogen and oxygen atoms in total. The molecule has 0 aliphatic carbocycles. The van der Waals surface area contributed by atoms with Crippen LogP contribution in [0.15, 0.2) is 36.4 Å². The Kier molecular flexibility index (Phi) is 4.45. The number of nitrogens with two attached hydrogens (primary N) is 1. The quantitative estimate of drug-likeness (QED) is 0.448. The highest BCUT2D eigenvalue weighted by atomic mass is 16.5. The summed E-state index contributed by atoms with van der Waals surface area (Å²) in [5.74, 6) is 0.826. The summed E-state index contributed by atoms with van der Waals surface area (Å²) < 4.78 is 6.22. The second kappa shape index (κ2) is 7.18. The Morgan fingerprint density at radius 3 is 2.76 bits per heavy atom. The van der Waals surface area contributed by atoms with Crippen LogP contribution in [0.3, 0.4) is 0 Å². The van der Waals surface area contributed by atoms with Gasteiger partial charge in [0, 0.05) is 49.4 Å². The Bertz CT molecular complexity index is 1320. The van der Waals surface area contributed by atoms with Crippen molar-refractivity contribution in [2.24, 2.45) is 5.41 Å². The van der Waals surface area contributed by atoms with Crippen LogP contribution in [-0.2, 0) is 17.8 Å². The largest absolute Gasteiger partial charge is 0.399 e. The van der Waals surface area contributed by atoms with E-state index in [0.717, 1.165) is 78.0 Å². The fourth-order valence-electron chi connectivity index (χ4n) is 5.71. The molecular weight excluding hydrogens is 410 g/mol. The van der Waals surface area contributed by atoms with Gasteiger partial charge in [0.2, 0.25) is 5.69 Å². The Morgan fingerprint density at radius 1 is 1.21 bits per heavy atom. The zero-order valence-electron chi connectivity index (χ0n) is 19.2. The summed E-state index contributed by atoms with van der Waals surface area (Å²) in [5, 5.41) is 5.61. The van der Waals surface area contributed by atoms with Gasteiger partial charge in [-0.1, -0.05) is 24.3 Å². The van der Waals surface area contributed by atoms with Gasteiger partial charge < -0.3 is 20.7 Å². The van der Waals surface area contributed by atoms with Crippen LogP contribution in [0.1, 0.15) is 31.5 Å². The highest BCUT2D eigenvalue weighted by molar-refractivity contribution is 6.04. The average molecular weight is 440 g/mol. The molecule has 33 heavy (non-hydrogen) atoms. The van der Waals surface area contributed by atoms with Gasteiger partial charge in [0.15, 0.2) is 0 Å². The second-order valence-corrected chi connectivity index (χ2v) is 10.5. The third kappa shape index (κ3) is 3.26. The van der Waals surface area contributed by atoms with Gasteiger partial charge in [-0.3, -0.25) is 0 Å². The Hall–Kier alpha value is -3.14. The summed E-state index contributed by atoms with van der Waals surface area (Å²) in [4.78, 5) is 11.6. The van der Waals surface area contributed by atoms with Crippen LogP contribution in [0.5, 0.6) is 0 Å². The Morgan fingerprint density at radius 2 is 2.03 bits per heavy atom. The molecule has 3 N–H and O–H groups in total. The molecular formula is C27H29N5O. The molecule has 6 rings (SSSR count). The predicted molar refractivity (Wildman–Crippen MR) is 133 cm³/mol. The molecule has 0 bridgehead atoms. The number of aromatic nitrogens is 1. The number of pyridine rings is 1. The fraction of sp³-hybridized carbons (Fsp3) is 0.407. The first-order valence-corrected chi connectivity index (χ1v) is 11.7. The number of nitrogens with zero attached hydrogens (tertiary/aromatic N) is 3. The van der Waals surface area contributed by atoms with Crippen LogP contribution in [0.2, 0.25) is 0 Å². The number of nitrogen functional groups attached to an aromatic ring is 1. The van der Waals surface area contributed by atoms with Crippen LogP contribution < -0.4 is 16.0 Å². The van der Waals surface area contributed by atoms with Gasteiger partial charge in [0.05, 0.1) is 18.8 Å². The van der Waals surface area contributed by atoms with Crippen molar-refractivity contribution in [3.8, 4) is 11.1 Å². The van der Waals surface area contributed by atoms with Gasteiger partial charge in [-0.2, -0.15) is 0 Å². The van der Waals surface area contributed by atoms with E-state index in [4.69, 9.17) is 22.0 Å². The lowest BCUT2D eigenvalue weighted by Gasteiger charge is -2.39. The van der Waals surface area contributed by atoms with Crippen molar-refractivity contribution in [2.45, 2.75) is 38.9 Å².